The number of carbonyl (C=O) groups is 1. The number of nitrogens with one attached hydrogen (secondary N) is 1. The lowest BCUT2D eigenvalue weighted by molar-refractivity contribution is -0.110. The van der Waals surface area contributed by atoms with Gasteiger partial charge in [-0.3, -0.25) is 4.79 Å². The summed E-state index contributed by atoms with van der Waals surface area (Å²) in [5.74, 6) is 0. The minimum atomic E-state index is 0.359. The molecule has 1 aliphatic heterocycles. The lowest BCUT2D eigenvalue weighted by Gasteiger charge is -2.30. The first kappa shape index (κ1) is 13.8. The number of carbonyl (C=O) groups excluding carboxylic acids is 1. The van der Waals surface area contributed by atoms with Crippen LogP contribution in [0.25, 0.3) is 0 Å². The molecule has 0 atom stereocenters. The predicted octanol–water partition coefficient (Wildman–Crippen LogP) is 2.63. The molecule has 0 bridgehead atoms. The molecule has 0 radical (unpaired) electrons. The molecular formula is C13H18N2OS2. The van der Waals surface area contributed by atoms with Crippen molar-refractivity contribution in [3.63, 3.8) is 0 Å². The van der Waals surface area contributed by atoms with E-state index in [-0.39, 0.29) is 0 Å². The van der Waals surface area contributed by atoms with E-state index in [1.54, 1.807) is 11.8 Å². The van der Waals surface area contributed by atoms with Gasteiger partial charge >= 0.3 is 0 Å². The standard InChI is InChI=1S/C13H18N2OS2/c1-17-12-2-4-13(5-3-12)18-15-8-6-11(7-9-15)14-10-16/h2-5,10-11H,6-9H2,1H3,(H,14,16). The van der Waals surface area contributed by atoms with Crippen LogP contribution in [0.2, 0.25) is 0 Å². The number of benzene rings is 1. The zero-order valence-corrected chi connectivity index (χ0v) is 12.1. The van der Waals surface area contributed by atoms with Gasteiger partial charge in [-0.25, -0.2) is 4.31 Å². The summed E-state index contributed by atoms with van der Waals surface area (Å²) in [6.07, 6.45) is 4.98. The Bertz CT molecular complexity index is 375. The normalized spacial score (nSPS) is 17.6. The molecule has 0 aliphatic carbocycles. The number of nitrogens with zero attached hydrogens (tertiary/aromatic N) is 1. The molecule has 1 aromatic rings. The number of amides is 1. The number of hydrogen-bond acceptors (Lipinski definition) is 4. The van der Waals surface area contributed by atoms with Gasteiger partial charge in [0.25, 0.3) is 0 Å². The third-order valence-electron chi connectivity index (χ3n) is 3.05. The van der Waals surface area contributed by atoms with Crippen molar-refractivity contribution in [3.8, 4) is 0 Å². The monoisotopic (exact) mass is 282 g/mol. The fourth-order valence-corrected chi connectivity index (χ4v) is 3.35. The van der Waals surface area contributed by atoms with Gasteiger partial charge in [-0.1, -0.05) is 0 Å². The van der Waals surface area contributed by atoms with Gasteiger partial charge in [0.15, 0.2) is 0 Å². The molecule has 0 spiro atoms. The Morgan fingerprint density at radius 1 is 1.22 bits per heavy atom. The first-order valence-corrected chi connectivity index (χ1v) is 8.08. The second-order valence-corrected chi connectivity index (χ2v) is 6.30. The molecule has 0 aromatic heterocycles. The highest BCUT2D eigenvalue weighted by atomic mass is 32.2. The molecule has 1 heterocycles. The van der Waals surface area contributed by atoms with Crippen molar-refractivity contribution < 1.29 is 4.79 Å². The Hall–Kier alpha value is -0.650. The second kappa shape index (κ2) is 7.07. The Balaban J connectivity index is 1.81. The van der Waals surface area contributed by atoms with Crippen molar-refractivity contribution in [1.29, 1.82) is 0 Å². The summed E-state index contributed by atoms with van der Waals surface area (Å²) in [6, 6.07) is 9.03. The van der Waals surface area contributed by atoms with Gasteiger partial charge in [-0.15, -0.1) is 11.8 Å². The molecule has 1 amide bonds. The molecule has 18 heavy (non-hydrogen) atoms. The largest absolute Gasteiger partial charge is 0.356 e. The predicted molar refractivity (Wildman–Crippen MR) is 77.9 cm³/mol. The summed E-state index contributed by atoms with van der Waals surface area (Å²) in [6.45, 7) is 2.06. The van der Waals surface area contributed by atoms with Crippen molar-refractivity contribution in [2.24, 2.45) is 0 Å². The van der Waals surface area contributed by atoms with Gasteiger partial charge in [-0.05, 0) is 55.3 Å². The molecule has 1 fully saturated rings. The van der Waals surface area contributed by atoms with Crippen molar-refractivity contribution >= 4 is 30.1 Å². The summed E-state index contributed by atoms with van der Waals surface area (Å²) in [4.78, 5) is 13.0. The van der Waals surface area contributed by atoms with Gasteiger partial charge in [0.1, 0.15) is 0 Å². The van der Waals surface area contributed by atoms with Crippen LogP contribution in [-0.2, 0) is 4.79 Å². The second-order valence-electron chi connectivity index (χ2n) is 4.25. The highest BCUT2D eigenvalue weighted by Gasteiger charge is 2.19. The number of thioether (sulfide) groups is 1. The lowest BCUT2D eigenvalue weighted by Crippen LogP contribution is -2.39. The Labute approximate surface area is 117 Å². The van der Waals surface area contributed by atoms with Gasteiger partial charge in [-0.2, -0.15) is 0 Å². The SMILES string of the molecule is CSc1ccc(SN2CCC(NC=O)CC2)cc1. The molecule has 1 aromatic carbocycles. The molecule has 1 saturated heterocycles. The van der Waals surface area contributed by atoms with Crippen LogP contribution in [0.1, 0.15) is 12.8 Å². The van der Waals surface area contributed by atoms with Gasteiger partial charge < -0.3 is 5.32 Å². The van der Waals surface area contributed by atoms with E-state index in [0.717, 1.165) is 32.3 Å². The van der Waals surface area contributed by atoms with Gasteiger partial charge in [0, 0.05) is 28.9 Å². The van der Waals surface area contributed by atoms with Crippen LogP contribution in [0, 0.1) is 0 Å². The van der Waals surface area contributed by atoms with Crippen molar-refractivity contribution in [2.45, 2.75) is 28.7 Å². The minimum Gasteiger partial charge on any atom is -0.356 e. The third-order valence-corrected chi connectivity index (χ3v) is 4.90. The number of piperidine rings is 1. The van der Waals surface area contributed by atoms with Crippen LogP contribution in [0.5, 0.6) is 0 Å². The summed E-state index contributed by atoms with van der Waals surface area (Å²) in [7, 11) is 0. The maximum absolute atomic E-state index is 10.4. The highest BCUT2D eigenvalue weighted by molar-refractivity contribution is 7.98. The molecule has 1 N–H and O–H groups in total. The molecule has 3 nitrogen and oxygen atoms in total. The topological polar surface area (TPSA) is 32.3 Å². The first-order chi connectivity index (χ1) is 8.81. The van der Waals surface area contributed by atoms with Crippen LogP contribution in [0.4, 0.5) is 0 Å². The summed E-state index contributed by atoms with van der Waals surface area (Å²) >= 11 is 3.58. The molecule has 2 rings (SSSR count). The van der Waals surface area contributed by atoms with Crippen LogP contribution >= 0.6 is 23.7 Å². The Morgan fingerprint density at radius 2 is 1.83 bits per heavy atom. The van der Waals surface area contributed by atoms with E-state index in [2.05, 4.69) is 40.1 Å². The third kappa shape index (κ3) is 3.93. The first-order valence-electron chi connectivity index (χ1n) is 6.08. The zero-order valence-electron chi connectivity index (χ0n) is 10.5. The zero-order chi connectivity index (χ0) is 12.8. The van der Waals surface area contributed by atoms with Gasteiger partial charge in [0.2, 0.25) is 6.41 Å². The summed E-state index contributed by atoms with van der Waals surface area (Å²) < 4.78 is 2.37. The molecule has 1 aliphatic rings. The summed E-state index contributed by atoms with van der Waals surface area (Å²) in [5, 5.41) is 2.86. The van der Waals surface area contributed by atoms with Crippen LogP contribution in [0.3, 0.4) is 0 Å². The van der Waals surface area contributed by atoms with E-state index >= 15 is 0 Å². The van der Waals surface area contributed by atoms with Crippen molar-refractivity contribution in [2.75, 3.05) is 19.3 Å². The Morgan fingerprint density at radius 3 is 2.39 bits per heavy atom. The van der Waals surface area contributed by atoms with E-state index in [0.29, 0.717) is 6.04 Å². The minimum absolute atomic E-state index is 0.359. The fourth-order valence-electron chi connectivity index (χ4n) is 2.00. The highest BCUT2D eigenvalue weighted by Crippen LogP contribution is 2.27. The maximum atomic E-state index is 10.4. The van der Waals surface area contributed by atoms with Crippen molar-refractivity contribution in [1.82, 2.24) is 9.62 Å². The average Bonchev–Trinajstić information content (AvgIpc) is 2.42. The smallest absolute Gasteiger partial charge is 0.207 e. The quantitative estimate of drug-likeness (QED) is 0.511. The Kier molecular flexibility index (Phi) is 5.41. The summed E-state index contributed by atoms with van der Waals surface area (Å²) in [5.41, 5.74) is 0. The van der Waals surface area contributed by atoms with E-state index in [1.807, 2.05) is 11.9 Å². The van der Waals surface area contributed by atoms with E-state index in [1.165, 1.54) is 9.79 Å². The van der Waals surface area contributed by atoms with E-state index in [4.69, 9.17) is 0 Å². The van der Waals surface area contributed by atoms with Crippen molar-refractivity contribution in [3.05, 3.63) is 24.3 Å². The molecule has 0 unspecified atom stereocenters. The molecular weight excluding hydrogens is 264 g/mol. The van der Waals surface area contributed by atoms with E-state index in [9.17, 15) is 4.79 Å². The van der Waals surface area contributed by atoms with Crippen LogP contribution in [-0.4, -0.2) is 36.1 Å². The van der Waals surface area contributed by atoms with Crippen LogP contribution in [0.15, 0.2) is 34.1 Å². The molecule has 0 saturated carbocycles. The lowest BCUT2D eigenvalue weighted by atomic mass is 10.1. The molecule has 5 heteroatoms. The maximum Gasteiger partial charge on any atom is 0.207 e. The molecule has 98 valence electrons. The number of hydrogen-bond donors (Lipinski definition) is 1. The number of rotatable bonds is 5. The average molecular weight is 282 g/mol. The fraction of sp³-hybridized carbons (Fsp3) is 0.462. The van der Waals surface area contributed by atoms with E-state index < -0.39 is 0 Å². The van der Waals surface area contributed by atoms with Crippen LogP contribution < -0.4 is 5.32 Å². The van der Waals surface area contributed by atoms with Gasteiger partial charge in [0.05, 0.1) is 0 Å².